The lowest BCUT2D eigenvalue weighted by molar-refractivity contribution is 0.0262. The zero-order chi connectivity index (χ0) is 15.5. The molecule has 0 aromatic heterocycles. The minimum Gasteiger partial charge on any atom is -0.409 e. The molecule has 122 valence electrons. The number of nitrogens with two attached hydrogens (primary N) is 1. The molecule has 2 aliphatic rings. The van der Waals surface area contributed by atoms with E-state index in [-0.39, 0.29) is 5.54 Å². The summed E-state index contributed by atoms with van der Waals surface area (Å²) in [5.41, 5.74) is 5.48. The van der Waals surface area contributed by atoms with Crippen molar-refractivity contribution in [3.63, 3.8) is 0 Å². The molecule has 1 aliphatic carbocycles. The zero-order valence-corrected chi connectivity index (χ0v) is 13.9. The van der Waals surface area contributed by atoms with E-state index < -0.39 is 0 Å². The van der Waals surface area contributed by atoms with Gasteiger partial charge in [0.05, 0.1) is 5.54 Å². The molecule has 1 heterocycles. The molecule has 3 N–H and O–H groups in total. The van der Waals surface area contributed by atoms with Crippen molar-refractivity contribution in [3.8, 4) is 0 Å². The lowest BCUT2D eigenvalue weighted by Gasteiger charge is -2.47. The highest BCUT2D eigenvalue weighted by Crippen LogP contribution is 2.31. The van der Waals surface area contributed by atoms with Crippen molar-refractivity contribution >= 4 is 5.84 Å². The third kappa shape index (κ3) is 3.51. The first kappa shape index (κ1) is 16.6. The van der Waals surface area contributed by atoms with Crippen LogP contribution in [0.25, 0.3) is 0 Å². The third-order valence-electron chi connectivity index (χ3n) is 5.70. The van der Waals surface area contributed by atoms with Gasteiger partial charge in [0.15, 0.2) is 5.84 Å². The second-order valence-electron chi connectivity index (χ2n) is 7.09. The quantitative estimate of drug-likeness (QED) is 0.361. The Morgan fingerprint density at radius 3 is 2.38 bits per heavy atom. The number of hydrogen-bond acceptors (Lipinski definition) is 4. The van der Waals surface area contributed by atoms with Crippen molar-refractivity contribution < 1.29 is 5.21 Å². The molecule has 1 saturated heterocycles. The summed E-state index contributed by atoms with van der Waals surface area (Å²) in [4.78, 5) is 5.02. The van der Waals surface area contributed by atoms with E-state index in [2.05, 4.69) is 21.9 Å². The largest absolute Gasteiger partial charge is 0.409 e. The lowest BCUT2D eigenvalue weighted by atomic mass is 9.81. The second kappa shape index (κ2) is 6.97. The van der Waals surface area contributed by atoms with Crippen molar-refractivity contribution in [1.29, 1.82) is 0 Å². The molecule has 1 aliphatic heterocycles. The van der Waals surface area contributed by atoms with Crippen LogP contribution in [0.5, 0.6) is 0 Å². The molecule has 2 unspecified atom stereocenters. The molecular weight excluding hydrogens is 264 g/mol. The molecule has 5 heteroatoms. The van der Waals surface area contributed by atoms with Gasteiger partial charge in [-0.15, -0.1) is 0 Å². The SMILES string of the molecule is CCC1CCCCC1N1CCN(C(C)(C)C(N)=NO)CC1. The number of piperazine rings is 1. The van der Waals surface area contributed by atoms with Gasteiger partial charge in [-0.25, -0.2) is 0 Å². The van der Waals surface area contributed by atoms with Gasteiger partial charge in [-0.3, -0.25) is 9.80 Å². The molecule has 0 aromatic rings. The number of rotatable bonds is 4. The van der Waals surface area contributed by atoms with Gasteiger partial charge in [-0.2, -0.15) is 0 Å². The first-order valence-electron chi connectivity index (χ1n) is 8.47. The van der Waals surface area contributed by atoms with E-state index in [0.29, 0.717) is 5.84 Å². The van der Waals surface area contributed by atoms with E-state index in [4.69, 9.17) is 10.9 Å². The molecule has 5 nitrogen and oxygen atoms in total. The Morgan fingerprint density at radius 2 is 1.81 bits per heavy atom. The van der Waals surface area contributed by atoms with Gasteiger partial charge in [0, 0.05) is 32.2 Å². The first-order chi connectivity index (χ1) is 10.0. The summed E-state index contributed by atoms with van der Waals surface area (Å²) >= 11 is 0. The molecule has 0 spiro atoms. The molecule has 0 aromatic carbocycles. The Morgan fingerprint density at radius 1 is 1.19 bits per heavy atom. The summed E-state index contributed by atoms with van der Waals surface area (Å²) < 4.78 is 0. The molecule has 0 amide bonds. The van der Waals surface area contributed by atoms with Gasteiger partial charge in [0.2, 0.25) is 0 Å². The van der Waals surface area contributed by atoms with Crippen LogP contribution in [0.15, 0.2) is 5.16 Å². The molecule has 2 fully saturated rings. The topological polar surface area (TPSA) is 65.1 Å². The number of oxime groups is 1. The maximum absolute atomic E-state index is 8.95. The third-order valence-corrected chi connectivity index (χ3v) is 5.70. The van der Waals surface area contributed by atoms with E-state index in [1.807, 2.05) is 13.8 Å². The Hall–Kier alpha value is -0.810. The van der Waals surface area contributed by atoms with E-state index >= 15 is 0 Å². The summed E-state index contributed by atoms with van der Waals surface area (Å²) in [7, 11) is 0. The summed E-state index contributed by atoms with van der Waals surface area (Å²) in [6, 6.07) is 0.776. The fraction of sp³-hybridized carbons (Fsp3) is 0.938. The highest BCUT2D eigenvalue weighted by molar-refractivity contribution is 5.88. The van der Waals surface area contributed by atoms with E-state index in [9.17, 15) is 0 Å². The van der Waals surface area contributed by atoms with Crippen molar-refractivity contribution in [1.82, 2.24) is 9.80 Å². The van der Waals surface area contributed by atoms with Crippen LogP contribution in [0.2, 0.25) is 0 Å². The van der Waals surface area contributed by atoms with Gasteiger partial charge in [0.25, 0.3) is 0 Å². The number of amidine groups is 1. The van der Waals surface area contributed by atoms with Crippen molar-refractivity contribution in [3.05, 3.63) is 0 Å². The zero-order valence-electron chi connectivity index (χ0n) is 13.9. The first-order valence-corrected chi connectivity index (χ1v) is 8.47. The van der Waals surface area contributed by atoms with Gasteiger partial charge >= 0.3 is 0 Å². The summed E-state index contributed by atoms with van der Waals surface area (Å²) in [6.07, 6.45) is 6.86. The van der Waals surface area contributed by atoms with Crippen LogP contribution >= 0.6 is 0 Å². The van der Waals surface area contributed by atoms with Crippen LogP contribution in [-0.2, 0) is 0 Å². The second-order valence-corrected chi connectivity index (χ2v) is 7.09. The van der Waals surface area contributed by atoms with Gasteiger partial charge < -0.3 is 10.9 Å². The molecule has 21 heavy (non-hydrogen) atoms. The van der Waals surface area contributed by atoms with Crippen molar-refractivity contribution in [2.45, 2.75) is 64.5 Å². The van der Waals surface area contributed by atoms with Crippen molar-refractivity contribution in [2.24, 2.45) is 16.8 Å². The van der Waals surface area contributed by atoms with Gasteiger partial charge in [-0.1, -0.05) is 31.3 Å². The molecular formula is C16H32N4O. The molecule has 2 atom stereocenters. The Balaban J connectivity index is 1.93. The normalized spacial score (nSPS) is 30.5. The standard InChI is InChI=1S/C16H32N4O/c1-4-13-7-5-6-8-14(13)19-9-11-20(12-10-19)16(2,3)15(17)18-21/h13-14,21H,4-12H2,1-3H3,(H2,17,18). The van der Waals surface area contributed by atoms with E-state index in [0.717, 1.165) is 38.1 Å². The Labute approximate surface area is 129 Å². The van der Waals surface area contributed by atoms with E-state index in [1.54, 1.807) is 0 Å². The van der Waals surface area contributed by atoms with Gasteiger partial charge in [-0.05, 0) is 32.6 Å². The maximum Gasteiger partial charge on any atom is 0.159 e. The smallest absolute Gasteiger partial charge is 0.159 e. The summed E-state index contributed by atoms with van der Waals surface area (Å²) in [5, 5.41) is 12.2. The minimum absolute atomic E-state index is 0.306. The fourth-order valence-corrected chi connectivity index (χ4v) is 4.04. The highest BCUT2D eigenvalue weighted by atomic mass is 16.4. The monoisotopic (exact) mass is 296 g/mol. The van der Waals surface area contributed by atoms with Crippen LogP contribution in [0, 0.1) is 5.92 Å². The summed E-state index contributed by atoms with van der Waals surface area (Å²) in [6.45, 7) is 10.6. The molecule has 0 bridgehead atoms. The average Bonchev–Trinajstić information content (AvgIpc) is 2.54. The van der Waals surface area contributed by atoms with Gasteiger partial charge in [0.1, 0.15) is 0 Å². The van der Waals surface area contributed by atoms with Crippen LogP contribution in [0.1, 0.15) is 52.9 Å². The predicted octanol–water partition coefficient (Wildman–Crippen LogP) is 2.10. The Kier molecular flexibility index (Phi) is 5.49. The van der Waals surface area contributed by atoms with Crippen LogP contribution in [0.4, 0.5) is 0 Å². The van der Waals surface area contributed by atoms with Crippen molar-refractivity contribution in [2.75, 3.05) is 26.2 Å². The number of hydrogen-bond donors (Lipinski definition) is 2. The molecule has 0 radical (unpaired) electrons. The fourth-order valence-electron chi connectivity index (χ4n) is 4.04. The average molecular weight is 296 g/mol. The van der Waals surface area contributed by atoms with Crippen LogP contribution in [0.3, 0.4) is 0 Å². The number of nitrogens with zero attached hydrogens (tertiary/aromatic N) is 3. The van der Waals surface area contributed by atoms with Crippen LogP contribution < -0.4 is 5.73 Å². The minimum atomic E-state index is -0.364. The summed E-state index contributed by atoms with van der Waals surface area (Å²) in [5.74, 6) is 1.18. The highest BCUT2D eigenvalue weighted by Gasteiger charge is 2.36. The molecule has 2 rings (SSSR count). The van der Waals surface area contributed by atoms with Crippen LogP contribution in [-0.4, -0.2) is 58.6 Å². The maximum atomic E-state index is 8.95. The Bertz CT molecular complexity index is 361. The van der Waals surface area contributed by atoms with E-state index in [1.165, 1.54) is 32.1 Å². The lowest BCUT2D eigenvalue weighted by Crippen LogP contribution is -2.61. The molecule has 1 saturated carbocycles. The predicted molar refractivity (Wildman–Crippen MR) is 86.7 cm³/mol.